The lowest BCUT2D eigenvalue weighted by Gasteiger charge is -2.21. The second kappa shape index (κ2) is 7.17. The smallest absolute Gasteiger partial charge is 0.130 e. The molecule has 2 aromatic rings. The van der Waals surface area contributed by atoms with Gasteiger partial charge in [-0.05, 0) is 60.2 Å². The molecule has 1 aromatic carbocycles. The highest BCUT2D eigenvalue weighted by Gasteiger charge is 2.20. The molecule has 1 aromatic heterocycles. The highest BCUT2D eigenvalue weighted by Crippen LogP contribution is 2.26. The van der Waals surface area contributed by atoms with Gasteiger partial charge in [-0.2, -0.15) is 0 Å². The van der Waals surface area contributed by atoms with Crippen LogP contribution in [0.4, 0.5) is 4.39 Å². The molecule has 5 heteroatoms. The number of nitrogens with zero attached hydrogens (tertiary/aromatic N) is 2. The summed E-state index contributed by atoms with van der Waals surface area (Å²) in [7, 11) is 0. The van der Waals surface area contributed by atoms with E-state index in [1.54, 1.807) is 6.07 Å². The first-order chi connectivity index (χ1) is 9.67. The fourth-order valence-corrected chi connectivity index (χ4v) is 3.00. The van der Waals surface area contributed by atoms with Crippen LogP contribution < -0.4 is 5.32 Å². The molecule has 0 radical (unpaired) electrons. The molecule has 108 valence electrons. The first-order valence-corrected chi connectivity index (χ1v) is 7.94. The van der Waals surface area contributed by atoms with E-state index in [0.717, 1.165) is 34.5 Å². The zero-order valence-electron chi connectivity index (χ0n) is 11.7. The average Bonchev–Trinajstić information content (AvgIpc) is 2.89. The van der Waals surface area contributed by atoms with Crippen molar-refractivity contribution in [2.45, 2.75) is 32.9 Å². The Balaban J connectivity index is 2.41. The Morgan fingerprint density at radius 3 is 2.85 bits per heavy atom. The molecule has 0 aliphatic heterocycles. The van der Waals surface area contributed by atoms with Gasteiger partial charge in [0.1, 0.15) is 11.6 Å². The van der Waals surface area contributed by atoms with Gasteiger partial charge >= 0.3 is 0 Å². The Labute approximate surface area is 132 Å². The van der Waals surface area contributed by atoms with E-state index < -0.39 is 0 Å². The van der Waals surface area contributed by atoms with Crippen LogP contribution in [0, 0.1) is 9.39 Å². The summed E-state index contributed by atoms with van der Waals surface area (Å²) in [5, 5.41) is 3.51. The molecule has 0 saturated carbocycles. The van der Waals surface area contributed by atoms with E-state index >= 15 is 0 Å². The van der Waals surface area contributed by atoms with Crippen LogP contribution in [0.5, 0.6) is 0 Å². The molecule has 1 unspecified atom stereocenters. The molecule has 0 amide bonds. The summed E-state index contributed by atoms with van der Waals surface area (Å²) in [6.07, 6.45) is 4.84. The maximum Gasteiger partial charge on any atom is 0.130 e. The number of nitrogens with one attached hydrogen (secondary N) is 1. The number of hydrogen-bond donors (Lipinski definition) is 1. The number of rotatable bonds is 6. The zero-order valence-corrected chi connectivity index (χ0v) is 13.9. The number of hydrogen-bond acceptors (Lipinski definition) is 2. The lowest BCUT2D eigenvalue weighted by Crippen LogP contribution is -2.27. The van der Waals surface area contributed by atoms with Crippen LogP contribution in [-0.2, 0) is 6.54 Å². The Bertz CT molecular complexity index is 568. The largest absolute Gasteiger partial charge is 0.334 e. The molecular formula is C15H19FIN3. The summed E-state index contributed by atoms with van der Waals surface area (Å²) in [4.78, 5) is 4.48. The van der Waals surface area contributed by atoms with Gasteiger partial charge in [-0.25, -0.2) is 9.37 Å². The molecule has 3 nitrogen and oxygen atoms in total. The van der Waals surface area contributed by atoms with Crippen molar-refractivity contribution in [1.29, 1.82) is 0 Å². The first kappa shape index (κ1) is 15.4. The SMILES string of the molecule is CCCNC(c1ccc(F)cc1I)c1nccn1CC. The summed E-state index contributed by atoms with van der Waals surface area (Å²) < 4.78 is 16.3. The van der Waals surface area contributed by atoms with Gasteiger partial charge in [-0.1, -0.05) is 13.0 Å². The molecule has 0 bridgehead atoms. The molecule has 0 aliphatic rings. The predicted molar refractivity (Wildman–Crippen MR) is 87.2 cm³/mol. The Kier molecular flexibility index (Phi) is 5.54. The highest BCUT2D eigenvalue weighted by atomic mass is 127. The zero-order chi connectivity index (χ0) is 14.5. The number of aryl methyl sites for hydroxylation is 1. The van der Waals surface area contributed by atoms with Gasteiger partial charge < -0.3 is 9.88 Å². The van der Waals surface area contributed by atoms with Crippen LogP contribution in [0.25, 0.3) is 0 Å². The van der Waals surface area contributed by atoms with Crippen molar-refractivity contribution in [3.63, 3.8) is 0 Å². The standard InChI is InChI=1S/C15H19FIN3/c1-3-7-18-14(15-19-8-9-20(15)4-2)12-6-5-11(16)10-13(12)17/h5-6,8-10,14,18H,3-4,7H2,1-2H3. The average molecular weight is 387 g/mol. The molecule has 2 rings (SSSR count). The third kappa shape index (κ3) is 3.38. The molecule has 1 heterocycles. The van der Waals surface area contributed by atoms with Gasteiger partial charge in [-0.15, -0.1) is 0 Å². The molecule has 0 fully saturated rings. The van der Waals surface area contributed by atoms with E-state index in [-0.39, 0.29) is 11.9 Å². The number of benzene rings is 1. The molecule has 0 spiro atoms. The van der Waals surface area contributed by atoms with E-state index in [1.807, 2.05) is 18.5 Å². The lowest BCUT2D eigenvalue weighted by atomic mass is 10.1. The minimum Gasteiger partial charge on any atom is -0.334 e. The van der Waals surface area contributed by atoms with Crippen LogP contribution in [-0.4, -0.2) is 16.1 Å². The van der Waals surface area contributed by atoms with Gasteiger partial charge in [0.2, 0.25) is 0 Å². The minimum atomic E-state index is -0.203. The van der Waals surface area contributed by atoms with Crippen molar-refractivity contribution in [1.82, 2.24) is 14.9 Å². The van der Waals surface area contributed by atoms with E-state index in [9.17, 15) is 4.39 Å². The van der Waals surface area contributed by atoms with Gasteiger partial charge in [-0.3, -0.25) is 0 Å². The van der Waals surface area contributed by atoms with E-state index in [4.69, 9.17) is 0 Å². The van der Waals surface area contributed by atoms with Crippen LogP contribution in [0.3, 0.4) is 0 Å². The molecule has 0 aliphatic carbocycles. The topological polar surface area (TPSA) is 29.9 Å². The number of imidazole rings is 1. The van der Waals surface area contributed by atoms with Gasteiger partial charge in [0.05, 0.1) is 6.04 Å². The number of aromatic nitrogens is 2. The van der Waals surface area contributed by atoms with E-state index in [2.05, 4.69) is 51.3 Å². The van der Waals surface area contributed by atoms with Crippen molar-refractivity contribution >= 4 is 22.6 Å². The monoisotopic (exact) mass is 387 g/mol. The van der Waals surface area contributed by atoms with Crippen molar-refractivity contribution in [3.05, 3.63) is 51.4 Å². The molecular weight excluding hydrogens is 368 g/mol. The summed E-state index contributed by atoms with van der Waals surface area (Å²) in [5.74, 6) is 0.775. The van der Waals surface area contributed by atoms with Crippen LogP contribution in [0.1, 0.15) is 37.7 Å². The lowest BCUT2D eigenvalue weighted by molar-refractivity contribution is 0.538. The fourth-order valence-electron chi connectivity index (χ4n) is 2.21. The van der Waals surface area contributed by atoms with Crippen LogP contribution in [0.15, 0.2) is 30.6 Å². The maximum absolute atomic E-state index is 13.3. The predicted octanol–water partition coefficient (Wildman–Crippen LogP) is 3.74. The van der Waals surface area contributed by atoms with Crippen molar-refractivity contribution in [3.8, 4) is 0 Å². The molecule has 1 atom stereocenters. The van der Waals surface area contributed by atoms with Crippen LogP contribution in [0.2, 0.25) is 0 Å². The quantitative estimate of drug-likeness (QED) is 0.766. The Hall–Kier alpha value is -0.950. The molecule has 20 heavy (non-hydrogen) atoms. The summed E-state index contributed by atoms with van der Waals surface area (Å²) >= 11 is 2.18. The van der Waals surface area contributed by atoms with Crippen molar-refractivity contribution < 1.29 is 4.39 Å². The highest BCUT2D eigenvalue weighted by molar-refractivity contribution is 14.1. The molecule has 1 N–H and O–H groups in total. The summed E-state index contributed by atoms with van der Waals surface area (Å²) in [6, 6.07) is 4.92. The van der Waals surface area contributed by atoms with Crippen molar-refractivity contribution in [2.75, 3.05) is 6.54 Å². The van der Waals surface area contributed by atoms with E-state index in [1.165, 1.54) is 6.07 Å². The normalized spacial score (nSPS) is 12.6. The Morgan fingerprint density at radius 2 is 2.20 bits per heavy atom. The van der Waals surface area contributed by atoms with Gasteiger partial charge in [0.25, 0.3) is 0 Å². The van der Waals surface area contributed by atoms with E-state index in [0.29, 0.717) is 0 Å². The Morgan fingerprint density at radius 1 is 1.40 bits per heavy atom. The second-order valence-electron chi connectivity index (χ2n) is 4.62. The first-order valence-electron chi connectivity index (χ1n) is 6.86. The third-order valence-corrected chi connectivity index (χ3v) is 4.15. The summed E-state index contributed by atoms with van der Waals surface area (Å²) in [5.41, 5.74) is 1.07. The fraction of sp³-hybridized carbons (Fsp3) is 0.400. The van der Waals surface area contributed by atoms with Gasteiger partial charge in [0.15, 0.2) is 0 Å². The number of halogens is 2. The third-order valence-electron chi connectivity index (χ3n) is 3.22. The molecule has 0 saturated heterocycles. The van der Waals surface area contributed by atoms with Gasteiger partial charge in [0, 0.05) is 22.5 Å². The van der Waals surface area contributed by atoms with Crippen LogP contribution >= 0.6 is 22.6 Å². The summed E-state index contributed by atoms with van der Waals surface area (Å²) in [6.45, 7) is 6.00. The second-order valence-corrected chi connectivity index (χ2v) is 5.79. The maximum atomic E-state index is 13.3. The van der Waals surface area contributed by atoms with Crippen molar-refractivity contribution in [2.24, 2.45) is 0 Å². The minimum absolute atomic E-state index is 0.00241.